The van der Waals surface area contributed by atoms with Gasteiger partial charge in [0.25, 0.3) is 0 Å². The van der Waals surface area contributed by atoms with Gasteiger partial charge in [-0.25, -0.2) is 0 Å². The molecule has 1 saturated heterocycles. The topological polar surface area (TPSA) is 64.6 Å². The molecule has 1 aliphatic rings. The number of carbonyl (C=O) groups excluding carboxylic acids is 1. The van der Waals surface area contributed by atoms with Gasteiger partial charge in [0.15, 0.2) is 0 Å². The number of nitrogens with one attached hydrogen (secondary N) is 2. The van der Waals surface area contributed by atoms with E-state index in [0.29, 0.717) is 12.6 Å². The van der Waals surface area contributed by atoms with Crippen LogP contribution in [0.15, 0.2) is 0 Å². The van der Waals surface area contributed by atoms with E-state index in [4.69, 9.17) is 5.11 Å². The van der Waals surface area contributed by atoms with Crippen LogP contribution in [0.3, 0.4) is 0 Å². The molecule has 1 heterocycles. The van der Waals surface area contributed by atoms with Gasteiger partial charge in [0, 0.05) is 26.2 Å². The van der Waals surface area contributed by atoms with Crippen LogP contribution in [0.1, 0.15) is 13.8 Å². The maximum absolute atomic E-state index is 11.9. The van der Waals surface area contributed by atoms with Crippen molar-refractivity contribution in [1.82, 2.24) is 15.5 Å². The van der Waals surface area contributed by atoms with Crippen molar-refractivity contribution in [3.8, 4) is 0 Å². The Bertz CT molecular complexity index is 215. The monoisotopic (exact) mass is 215 g/mol. The number of rotatable bonds is 3. The molecule has 3 atom stereocenters. The van der Waals surface area contributed by atoms with Crippen LogP contribution in [0.4, 0.5) is 0 Å². The first-order chi connectivity index (χ1) is 7.06. The van der Waals surface area contributed by atoms with Crippen molar-refractivity contribution < 1.29 is 9.90 Å². The minimum absolute atomic E-state index is 0.00120. The van der Waals surface area contributed by atoms with Gasteiger partial charge in [0.2, 0.25) is 5.91 Å². The van der Waals surface area contributed by atoms with Gasteiger partial charge in [-0.3, -0.25) is 4.79 Å². The molecule has 3 unspecified atom stereocenters. The lowest BCUT2D eigenvalue weighted by Gasteiger charge is -2.33. The van der Waals surface area contributed by atoms with Crippen molar-refractivity contribution in [2.24, 2.45) is 0 Å². The van der Waals surface area contributed by atoms with E-state index in [1.54, 1.807) is 11.9 Å². The van der Waals surface area contributed by atoms with Gasteiger partial charge in [0.1, 0.15) is 0 Å². The van der Waals surface area contributed by atoms with E-state index in [2.05, 4.69) is 17.6 Å². The average molecular weight is 215 g/mol. The van der Waals surface area contributed by atoms with E-state index in [9.17, 15) is 4.79 Å². The quantitative estimate of drug-likeness (QED) is 0.552. The molecule has 3 N–H and O–H groups in total. The molecular formula is C10H21N3O2. The summed E-state index contributed by atoms with van der Waals surface area (Å²) in [6.07, 6.45) is 0. The van der Waals surface area contributed by atoms with Gasteiger partial charge < -0.3 is 20.6 Å². The second-order valence-corrected chi connectivity index (χ2v) is 4.25. The van der Waals surface area contributed by atoms with Gasteiger partial charge in [0.05, 0.1) is 18.7 Å². The van der Waals surface area contributed by atoms with Gasteiger partial charge in [-0.15, -0.1) is 0 Å². The highest BCUT2D eigenvalue weighted by atomic mass is 16.3. The number of carbonyl (C=O) groups is 1. The lowest BCUT2D eigenvalue weighted by Crippen LogP contribution is -2.60. The Balaban J connectivity index is 2.46. The standard InChI is InChI=1S/C10H21N3O2/c1-7-4-12-9(5-11-7)10(15)13(3)8(2)6-14/h7-9,11-12,14H,4-6H2,1-3H3. The van der Waals surface area contributed by atoms with Crippen molar-refractivity contribution in [3.05, 3.63) is 0 Å². The van der Waals surface area contributed by atoms with Crippen LogP contribution in [-0.4, -0.2) is 60.8 Å². The summed E-state index contributed by atoms with van der Waals surface area (Å²) in [4.78, 5) is 13.5. The fraction of sp³-hybridized carbons (Fsp3) is 0.900. The van der Waals surface area contributed by atoms with E-state index < -0.39 is 0 Å². The predicted molar refractivity (Wildman–Crippen MR) is 58.6 cm³/mol. The van der Waals surface area contributed by atoms with Crippen molar-refractivity contribution in [2.75, 3.05) is 26.7 Å². The summed E-state index contributed by atoms with van der Waals surface area (Å²) in [5, 5.41) is 15.4. The van der Waals surface area contributed by atoms with Crippen LogP contribution in [-0.2, 0) is 4.79 Å². The number of hydrogen-bond acceptors (Lipinski definition) is 4. The Kier molecular flexibility index (Phi) is 4.50. The summed E-state index contributed by atoms with van der Waals surface area (Å²) in [6.45, 7) is 5.36. The highest BCUT2D eigenvalue weighted by molar-refractivity contribution is 5.82. The first-order valence-corrected chi connectivity index (χ1v) is 5.40. The van der Waals surface area contributed by atoms with Gasteiger partial charge in [-0.05, 0) is 13.8 Å². The van der Waals surface area contributed by atoms with Crippen LogP contribution >= 0.6 is 0 Å². The van der Waals surface area contributed by atoms with E-state index in [-0.39, 0.29) is 24.6 Å². The number of aliphatic hydroxyl groups excluding tert-OH is 1. The van der Waals surface area contributed by atoms with Gasteiger partial charge >= 0.3 is 0 Å². The molecule has 0 aromatic rings. The second-order valence-electron chi connectivity index (χ2n) is 4.25. The third kappa shape index (κ3) is 3.15. The summed E-state index contributed by atoms with van der Waals surface area (Å²) in [6, 6.07) is 0.119. The Hall–Kier alpha value is -0.650. The summed E-state index contributed by atoms with van der Waals surface area (Å²) in [5.41, 5.74) is 0. The number of nitrogens with zero attached hydrogens (tertiary/aromatic N) is 1. The smallest absolute Gasteiger partial charge is 0.241 e. The molecule has 88 valence electrons. The first-order valence-electron chi connectivity index (χ1n) is 5.40. The lowest BCUT2D eigenvalue weighted by molar-refractivity contribution is -0.135. The zero-order valence-corrected chi connectivity index (χ0v) is 9.66. The largest absolute Gasteiger partial charge is 0.394 e. The first kappa shape index (κ1) is 12.4. The van der Waals surface area contributed by atoms with E-state index in [1.165, 1.54) is 0 Å². The van der Waals surface area contributed by atoms with Crippen molar-refractivity contribution in [2.45, 2.75) is 32.0 Å². The van der Waals surface area contributed by atoms with E-state index in [1.807, 2.05) is 6.92 Å². The van der Waals surface area contributed by atoms with Gasteiger partial charge in [-0.1, -0.05) is 0 Å². The Morgan fingerprint density at radius 3 is 2.67 bits per heavy atom. The second kappa shape index (κ2) is 5.44. The number of amides is 1. The third-order valence-electron chi connectivity index (χ3n) is 2.91. The highest BCUT2D eigenvalue weighted by Crippen LogP contribution is 2.01. The maximum atomic E-state index is 11.9. The lowest BCUT2D eigenvalue weighted by atomic mass is 10.1. The van der Waals surface area contributed by atoms with E-state index >= 15 is 0 Å². The molecule has 1 fully saturated rings. The fourth-order valence-electron chi connectivity index (χ4n) is 1.54. The van der Waals surface area contributed by atoms with Crippen LogP contribution < -0.4 is 10.6 Å². The molecule has 1 aliphatic heterocycles. The average Bonchev–Trinajstić information content (AvgIpc) is 2.27. The Labute approximate surface area is 90.8 Å². The SMILES string of the molecule is CC1CNC(C(=O)N(C)C(C)CO)CN1. The minimum Gasteiger partial charge on any atom is -0.394 e. The van der Waals surface area contributed by atoms with Crippen LogP contribution in [0, 0.1) is 0 Å². The number of hydrogen-bond donors (Lipinski definition) is 3. The number of likely N-dealkylation sites (N-methyl/N-ethyl adjacent to an activating group) is 1. The van der Waals surface area contributed by atoms with Crippen LogP contribution in [0.5, 0.6) is 0 Å². The molecule has 0 aromatic heterocycles. The molecular weight excluding hydrogens is 194 g/mol. The third-order valence-corrected chi connectivity index (χ3v) is 2.91. The molecule has 0 spiro atoms. The Morgan fingerprint density at radius 2 is 2.20 bits per heavy atom. The fourth-order valence-corrected chi connectivity index (χ4v) is 1.54. The molecule has 1 rings (SSSR count). The van der Waals surface area contributed by atoms with Crippen molar-refractivity contribution in [1.29, 1.82) is 0 Å². The molecule has 0 aromatic carbocycles. The summed E-state index contributed by atoms with van der Waals surface area (Å²) >= 11 is 0. The highest BCUT2D eigenvalue weighted by Gasteiger charge is 2.27. The number of aliphatic hydroxyl groups is 1. The molecule has 0 aliphatic carbocycles. The molecule has 1 amide bonds. The summed E-state index contributed by atoms with van der Waals surface area (Å²) < 4.78 is 0. The number of piperazine rings is 1. The zero-order valence-electron chi connectivity index (χ0n) is 9.66. The molecule has 5 heteroatoms. The van der Waals surface area contributed by atoms with Crippen molar-refractivity contribution >= 4 is 5.91 Å². The van der Waals surface area contributed by atoms with Crippen molar-refractivity contribution in [3.63, 3.8) is 0 Å². The molecule has 0 bridgehead atoms. The zero-order chi connectivity index (χ0) is 11.4. The molecule has 0 saturated carbocycles. The minimum atomic E-state index is -0.166. The maximum Gasteiger partial charge on any atom is 0.241 e. The van der Waals surface area contributed by atoms with Crippen LogP contribution in [0.25, 0.3) is 0 Å². The van der Waals surface area contributed by atoms with Gasteiger partial charge in [-0.2, -0.15) is 0 Å². The van der Waals surface area contributed by atoms with Crippen LogP contribution in [0.2, 0.25) is 0 Å². The predicted octanol–water partition coefficient (Wildman–Crippen LogP) is -1.22. The Morgan fingerprint density at radius 1 is 1.53 bits per heavy atom. The van der Waals surface area contributed by atoms with E-state index in [0.717, 1.165) is 6.54 Å². The molecule has 5 nitrogen and oxygen atoms in total. The summed E-state index contributed by atoms with van der Waals surface area (Å²) in [7, 11) is 1.73. The molecule has 15 heavy (non-hydrogen) atoms. The summed E-state index contributed by atoms with van der Waals surface area (Å²) in [5.74, 6) is 0.0379. The normalized spacial score (nSPS) is 28.5. The molecule has 0 radical (unpaired) electrons.